The smallest absolute Gasteiger partial charge is 0.321 e. The van der Waals surface area contributed by atoms with E-state index in [2.05, 4.69) is 20.5 Å². The molecule has 1 aromatic rings. The number of aromatic nitrogens is 1. The predicted molar refractivity (Wildman–Crippen MR) is 71.8 cm³/mol. The van der Waals surface area contributed by atoms with E-state index in [1.165, 1.54) is 37.1 Å². The van der Waals surface area contributed by atoms with Crippen LogP contribution in [-0.4, -0.2) is 41.6 Å². The highest BCUT2D eigenvalue weighted by Crippen LogP contribution is 2.31. The lowest BCUT2D eigenvalue weighted by Gasteiger charge is -2.15. The molecule has 1 aliphatic carbocycles. The first kappa shape index (κ1) is 11.9. The van der Waals surface area contributed by atoms with Gasteiger partial charge in [-0.25, -0.2) is 9.78 Å². The summed E-state index contributed by atoms with van der Waals surface area (Å²) in [4.78, 5) is 18.2. The number of carbonyl (C=O) groups excluding carboxylic acids is 1. The standard InChI is InChI=1S/C12H18N4OS/c17-11(15-12-13-4-6-18-12)14-7-9-3-5-16(8-9)10-1-2-10/h4,6,9-10H,1-3,5,7-8H2,(H2,13,14,15,17)/t9-/m1/s1. The van der Waals surface area contributed by atoms with Crippen molar-refractivity contribution >= 4 is 22.5 Å². The number of carbonyl (C=O) groups is 1. The van der Waals surface area contributed by atoms with Crippen LogP contribution in [0, 0.1) is 5.92 Å². The molecular weight excluding hydrogens is 248 g/mol. The minimum atomic E-state index is -0.144. The molecule has 1 atom stereocenters. The number of likely N-dealkylation sites (tertiary alicyclic amines) is 1. The van der Waals surface area contributed by atoms with E-state index in [4.69, 9.17) is 0 Å². The third-order valence-electron chi connectivity index (χ3n) is 3.58. The normalized spacial score (nSPS) is 24.1. The van der Waals surface area contributed by atoms with Crippen molar-refractivity contribution in [1.29, 1.82) is 0 Å². The van der Waals surface area contributed by atoms with Crippen molar-refractivity contribution in [2.75, 3.05) is 25.0 Å². The lowest BCUT2D eigenvalue weighted by molar-refractivity contribution is 0.249. The van der Waals surface area contributed by atoms with Crippen molar-refractivity contribution in [3.63, 3.8) is 0 Å². The maximum Gasteiger partial charge on any atom is 0.321 e. The second-order valence-electron chi connectivity index (χ2n) is 5.05. The number of amides is 2. The van der Waals surface area contributed by atoms with E-state index in [9.17, 15) is 4.79 Å². The maximum absolute atomic E-state index is 11.6. The second kappa shape index (κ2) is 5.24. The fourth-order valence-corrected chi connectivity index (χ4v) is 2.99. The summed E-state index contributed by atoms with van der Waals surface area (Å²) in [5.74, 6) is 0.604. The van der Waals surface area contributed by atoms with Gasteiger partial charge in [-0.2, -0.15) is 0 Å². The number of hydrogen-bond donors (Lipinski definition) is 2. The highest BCUT2D eigenvalue weighted by Gasteiger charge is 2.34. The first-order valence-electron chi connectivity index (χ1n) is 6.49. The van der Waals surface area contributed by atoms with Crippen molar-refractivity contribution in [2.24, 2.45) is 5.92 Å². The molecule has 1 saturated heterocycles. The number of hydrogen-bond acceptors (Lipinski definition) is 4. The molecule has 1 saturated carbocycles. The molecule has 0 radical (unpaired) electrons. The van der Waals surface area contributed by atoms with Crippen LogP contribution in [-0.2, 0) is 0 Å². The molecule has 18 heavy (non-hydrogen) atoms. The van der Waals surface area contributed by atoms with Crippen LogP contribution >= 0.6 is 11.3 Å². The Morgan fingerprint density at radius 2 is 2.39 bits per heavy atom. The molecular formula is C12H18N4OS. The third-order valence-corrected chi connectivity index (χ3v) is 4.27. The van der Waals surface area contributed by atoms with Gasteiger partial charge in [0.1, 0.15) is 0 Å². The number of nitrogens with zero attached hydrogens (tertiary/aromatic N) is 2. The van der Waals surface area contributed by atoms with Gasteiger partial charge in [0.2, 0.25) is 0 Å². The van der Waals surface area contributed by atoms with Crippen LogP contribution in [0.15, 0.2) is 11.6 Å². The zero-order valence-electron chi connectivity index (χ0n) is 10.3. The summed E-state index contributed by atoms with van der Waals surface area (Å²) in [5, 5.41) is 8.17. The van der Waals surface area contributed by atoms with Crippen LogP contribution in [0.1, 0.15) is 19.3 Å². The molecule has 3 rings (SSSR count). The minimum absolute atomic E-state index is 0.144. The molecule has 0 bridgehead atoms. The molecule has 0 spiro atoms. The van der Waals surface area contributed by atoms with Crippen LogP contribution in [0.5, 0.6) is 0 Å². The molecule has 2 aliphatic rings. The Morgan fingerprint density at radius 1 is 1.50 bits per heavy atom. The first-order valence-corrected chi connectivity index (χ1v) is 7.37. The zero-order chi connectivity index (χ0) is 12.4. The molecule has 6 heteroatoms. The molecule has 1 aromatic heterocycles. The van der Waals surface area contributed by atoms with Gasteiger partial charge in [0, 0.05) is 30.7 Å². The Morgan fingerprint density at radius 3 is 3.11 bits per heavy atom. The van der Waals surface area contributed by atoms with Gasteiger partial charge in [-0.3, -0.25) is 5.32 Å². The summed E-state index contributed by atoms with van der Waals surface area (Å²) in [6, 6.07) is 0.703. The number of nitrogens with one attached hydrogen (secondary N) is 2. The van der Waals surface area contributed by atoms with Gasteiger partial charge in [-0.05, 0) is 31.7 Å². The van der Waals surface area contributed by atoms with Crippen molar-refractivity contribution in [3.8, 4) is 0 Å². The average Bonchev–Trinajstić information content (AvgIpc) is 2.90. The highest BCUT2D eigenvalue weighted by molar-refractivity contribution is 7.13. The minimum Gasteiger partial charge on any atom is -0.337 e. The first-order chi connectivity index (χ1) is 8.81. The molecule has 2 heterocycles. The maximum atomic E-state index is 11.6. The fourth-order valence-electron chi connectivity index (χ4n) is 2.46. The van der Waals surface area contributed by atoms with E-state index >= 15 is 0 Å². The molecule has 2 amide bonds. The quantitative estimate of drug-likeness (QED) is 0.873. The average molecular weight is 266 g/mol. The van der Waals surface area contributed by atoms with E-state index in [0.29, 0.717) is 11.0 Å². The summed E-state index contributed by atoms with van der Waals surface area (Å²) >= 11 is 1.43. The van der Waals surface area contributed by atoms with Crippen molar-refractivity contribution in [1.82, 2.24) is 15.2 Å². The van der Waals surface area contributed by atoms with Gasteiger partial charge in [-0.1, -0.05) is 0 Å². The van der Waals surface area contributed by atoms with Gasteiger partial charge in [0.25, 0.3) is 0 Å². The second-order valence-corrected chi connectivity index (χ2v) is 5.95. The zero-order valence-corrected chi connectivity index (χ0v) is 11.1. The lowest BCUT2D eigenvalue weighted by Crippen LogP contribution is -2.34. The summed E-state index contributed by atoms with van der Waals surface area (Å²) < 4.78 is 0. The summed E-state index contributed by atoms with van der Waals surface area (Å²) in [7, 11) is 0. The van der Waals surface area contributed by atoms with Gasteiger partial charge in [0.15, 0.2) is 5.13 Å². The number of anilines is 1. The third kappa shape index (κ3) is 3.00. The predicted octanol–water partition coefficient (Wildman–Crippen LogP) is 1.75. The Bertz CT molecular complexity index is 404. The number of thiazole rings is 1. The Kier molecular flexibility index (Phi) is 3.47. The lowest BCUT2D eigenvalue weighted by atomic mass is 10.1. The molecule has 1 aliphatic heterocycles. The van der Waals surface area contributed by atoms with E-state index < -0.39 is 0 Å². The monoisotopic (exact) mass is 266 g/mol. The molecule has 2 fully saturated rings. The van der Waals surface area contributed by atoms with E-state index in [1.54, 1.807) is 6.20 Å². The number of urea groups is 1. The van der Waals surface area contributed by atoms with Crippen molar-refractivity contribution in [3.05, 3.63) is 11.6 Å². The summed E-state index contributed by atoms with van der Waals surface area (Å²) in [6.07, 6.45) is 5.62. The van der Waals surface area contributed by atoms with Crippen molar-refractivity contribution < 1.29 is 4.79 Å². The molecule has 0 unspecified atom stereocenters. The van der Waals surface area contributed by atoms with E-state index in [-0.39, 0.29) is 6.03 Å². The van der Waals surface area contributed by atoms with Crippen LogP contribution in [0.2, 0.25) is 0 Å². The van der Waals surface area contributed by atoms with E-state index in [1.807, 2.05) is 5.38 Å². The number of rotatable bonds is 4. The Balaban J connectivity index is 1.37. The molecule has 2 N–H and O–H groups in total. The van der Waals surface area contributed by atoms with Crippen LogP contribution in [0.3, 0.4) is 0 Å². The van der Waals surface area contributed by atoms with E-state index in [0.717, 1.165) is 19.1 Å². The fraction of sp³-hybridized carbons (Fsp3) is 0.667. The summed E-state index contributed by atoms with van der Waals surface area (Å²) in [6.45, 7) is 3.10. The SMILES string of the molecule is O=C(NC[C@H]1CCN(C2CC2)C1)Nc1nccs1. The summed E-state index contributed by atoms with van der Waals surface area (Å²) in [5.41, 5.74) is 0. The van der Waals surface area contributed by atoms with Crippen LogP contribution in [0.4, 0.5) is 9.93 Å². The van der Waals surface area contributed by atoms with Gasteiger partial charge in [-0.15, -0.1) is 11.3 Å². The van der Waals surface area contributed by atoms with Gasteiger partial charge >= 0.3 is 6.03 Å². The Labute approximate surface area is 111 Å². The van der Waals surface area contributed by atoms with Gasteiger partial charge < -0.3 is 10.2 Å². The Hall–Kier alpha value is -1.14. The molecule has 0 aromatic carbocycles. The topological polar surface area (TPSA) is 57.3 Å². The van der Waals surface area contributed by atoms with Gasteiger partial charge in [0.05, 0.1) is 0 Å². The van der Waals surface area contributed by atoms with Crippen LogP contribution < -0.4 is 10.6 Å². The van der Waals surface area contributed by atoms with Crippen LogP contribution in [0.25, 0.3) is 0 Å². The molecule has 98 valence electrons. The largest absolute Gasteiger partial charge is 0.337 e. The van der Waals surface area contributed by atoms with Crippen molar-refractivity contribution in [2.45, 2.75) is 25.3 Å². The molecule has 5 nitrogen and oxygen atoms in total. The highest BCUT2D eigenvalue weighted by atomic mass is 32.1.